The van der Waals surface area contributed by atoms with Crippen molar-refractivity contribution in [2.75, 3.05) is 18.8 Å². The Morgan fingerprint density at radius 1 is 1.45 bits per heavy atom. The van der Waals surface area contributed by atoms with E-state index >= 15 is 0 Å². The molecule has 20 heavy (non-hydrogen) atoms. The lowest BCUT2D eigenvalue weighted by Crippen LogP contribution is -2.37. The molecule has 5 nitrogen and oxygen atoms in total. The van der Waals surface area contributed by atoms with Crippen LogP contribution in [0.15, 0.2) is 12.4 Å². The van der Waals surface area contributed by atoms with Crippen LogP contribution in [0, 0.1) is 5.92 Å². The Morgan fingerprint density at radius 2 is 2.20 bits per heavy atom. The van der Waals surface area contributed by atoms with Crippen LogP contribution in [0.25, 0.3) is 10.3 Å². The van der Waals surface area contributed by atoms with E-state index in [2.05, 4.69) is 9.97 Å². The molecule has 0 radical (unpaired) electrons. The zero-order valence-corrected chi connectivity index (χ0v) is 12.3. The molecule has 1 fully saturated rings. The second kappa shape index (κ2) is 5.36. The van der Waals surface area contributed by atoms with Gasteiger partial charge in [-0.25, -0.2) is 9.97 Å². The molecule has 1 aliphatic carbocycles. The molecule has 0 aromatic carbocycles. The van der Waals surface area contributed by atoms with Gasteiger partial charge in [0.15, 0.2) is 0 Å². The lowest BCUT2D eigenvalue weighted by Gasteiger charge is -2.31. The quantitative estimate of drug-likeness (QED) is 0.939. The van der Waals surface area contributed by atoms with Gasteiger partial charge in [-0.15, -0.1) is 11.3 Å². The van der Waals surface area contributed by atoms with E-state index < -0.39 is 0 Å². The standard InChI is InChI=1S/C14H18N4OS/c1-2-18(8-9-4-3-5-9)14(19)12-10(15)11-13(20-12)17-7-6-16-11/h6-7,9H,2-5,8,15H2,1H3. The van der Waals surface area contributed by atoms with Crippen LogP contribution in [0.4, 0.5) is 5.69 Å². The number of thiophene rings is 1. The first-order valence-electron chi connectivity index (χ1n) is 6.99. The Bertz CT molecular complexity index is 635. The van der Waals surface area contributed by atoms with Gasteiger partial charge in [0.2, 0.25) is 0 Å². The normalized spacial score (nSPS) is 15.2. The number of nitrogen functional groups attached to an aromatic ring is 1. The molecule has 2 aromatic rings. The molecule has 1 aliphatic rings. The summed E-state index contributed by atoms with van der Waals surface area (Å²) in [7, 11) is 0. The van der Waals surface area contributed by atoms with Crippen molar-refractivity contribution in [3.63, 3.8) is 0 Å². The van der Waals surface area contributed by atoms with Crippen molar-refractivity contribution in [2.45, 2.75) is 26.2 Å². The number of nitrogens with two attached hydrogens (primary N) is 1. The third-order valence-electron chi connectivity index (χ3n) is 3.93. The molecule has 2 heterocycles. The van der Waals surface area contributed by atoms with Crippen molar-refractivity contribution in [3.8, 4) is 0 Å². The minimum absolute atomic E-state index is 0.0155. The summed E-state index contributed by atoms with van der Waals surface area (Å²) in [6.07, 6.45) is 6.98. The molecule has 2 N–H and O–H groups in total. The van der Waals surface area contributed by atoms with Gasteiger partial charge in [-0.1, -0.05) is 6.42 Å². The van der Waals surface area contributed by atoms with E-state index in [1.54, 1.807) is 12.4 Å². The first-order valence-corrected chi connectivity index (χ1v) is 7.80. The zero-order valence-electron chi connectivity index (χ0n) is 11.5. The second-order valence-corrected chi connectivity index (χ2v) is 6.19. The Hall–Kier alpha value is -1.69. The third kappa shape index (κ3) is 2.24. The predicted octanol–water partition coefficient (Wildman–Crippen LogP) is 2.54. The lowest BCUT2D eigenvalue weighted by atomic mass is 9.85. The number of carbonyl (C=O) groups is 1. The molecule has 0 aliphatic heterocycles. The summed E-state index contributed by atoms with van der Waals surface area (Å²) in [5.41, 5.74) is 7.18. The van der Waals surface area contributed by atoms with Gasteiger partial charge >= 0.3 is 0 Å². The van der Waals surface area contributed by atoms with Crippen LogP contribution < -0.4 is 5.73 Å². The summed E-state index contributed by atoms with van der Waals surface area (Å²) in [6.45, 7) is 3.56. The predicted molar refractivity (Wildman–Crippen MR) is 80.7 cm³/mol. The molecule has 0 saturated heterocycles. The van der Waals surface area contributed by atoms with Crippen molar-refractivity contribution in [3.05, 3.63) is 17.3 Å². The highest BCUT2D eigenvalue weighted by molar-refractivity contribution is 7.21. The molecule has 0 bridgehead atoms. The Labute approximate surface area is 121 Å². The maximum atomic E-state index is 12.6. The average Bonchev–Trinajstić information content (AvgIpc) is 2.75. The van der Waals surface area contributed by atoms with Crippen LogP contribution in [0.3, 0.4) is 0 Å². The highest BCUT2D eigenvalue weighted by Crippen LogP contribution is 2.33. The van der Waals surface area contributed by atoms with Crippen molar-refractivity contribution < 1.29 is 4.79 Å². The van der Waals surface area contributed by atoms with Gasteiger partial charge in [-0.3, -0.25) is 4.79 Å². The summed E-state index contributed by atoms with van der Waals surface area (Å²) < 4.78 is 0. The summed E-state index contributed by atoms with van der Waals surface area (Å²) in [5, 5.41) is 0. The number of aromatic nitrogens is 2. The number of rotatable bonds is 4. The first kappa shape index (κ1) is 13.3. The lowest BCUT2D eigenvalue weighted by molar-refractivity contribution is 0.0712. The molecule has 0 unspecified atom stereocenters. The van der Waals surface area contributed by atoms with Crippen LogP contribution in [0.1, 0.15) is 35.9 Å². The van der Waals surface area contributed by atoms with Gasteiger partial charge in [-0.05, 0) is 25.7 Å². The van der Waals surface area contributed by atoms with Crippen LogP contribution in [-0.2, 0) is 0 Å². The zero-order chi connectivity index (χ0) is 14.1. The first-order chi connectivity index (χ1) is 9.70. The summed E-state index contributed by atoms with van der Waals surface area (Å²) in [5.74, 6) is 0.674. The van der Waals surface area contributed by atoms with Crippen LogP contribution >= 0.6 is 11.3 Å². The van der Waals surface area contributed by atoms with Crippen molar-refractivity contribution in [2.24, 2.45) is 5.92 Å². The van der Waals surface area contributed by atoms with Crippen LogP contribution in [0.5, 0.6) is 0 Å². The van der Waals surface area contributed by atoms with E-state index in [0.29, 0.717) is 28.5 Å². The smallest absolute Gasteiger partial charge is 0.266 e. The van der Waals surface area contributed by atoms with E-state index in [1.165, 1.54) is 30.6 Å². The van der Waals surface area contributed by atoms with Gasteiger partial charge in [-0.2, -0.15) is 0 Å². The van der Waals surface area contributed by atoms with Gasteiger partial charge in [0.25, 0.3) is 5.91 Å². The number of carbonyl (C=O) groups excluding carboxylic acids is 1. The van der Waals surface area contributed by atoms with Crippen LogP contribution in [0.2, 0.25) is 0 Å². The van der Waals surface area contributed by atoms with Crippen molar-refractivity contribution >= 4 is 33.3 Å². The minimum atomic E-state index is 0.0155. The monoisotopic (exact) mass is 290 g/mol. The van der Waals surface area contributed by atoms with E-state index in [9.17, 15) is 4.79 Å². The molecule has 3 rings (SSSR count). The number of nitrogens with zero attached hydrogens (tertiary/aromatic N) is 3. The van der Waals surface area contributed by atoms with Gasteiger partial charge in [0, 0.05) is 25.5 Å². The van der Waals surface area contributed by atoms with E-state index in [-0.39, 0.29) is 5.91 Å². The number of hydrogen-bond donors (Lipinski definition) is 1. The Balaban J connectivity index is 1.88. The van der Waals surface area contributed by atoms with Gasteiger partial charge in [0.05, 0.1) is 5.69 Å². The summed E-state index contributed by atoms with van der Waals surface area (Å²) >= 11 is 1.34. The van der Waals surface area contributed by atoms with Crippen LogP contribution in [-0.4, -0.2) is 33.9 Å². The molecule has 2 aromatic heterocycles. The fraction of sp³-hybridized carbons (Fsp3) is 0.500. The van der Waals surface area contributed by atoms with Crippen molar-refractivity contribution in [1.29, 1.82) is 0 Å². The van der Waals surface area contributed by atoms with Gasteiger partial charge in [0.1, 0.15) is 15.2 Å². The van der Waals surface area contributed by atoms with E-state index in [1.807, 2.05) is 11.8 Å². The maximum absolute atomic E-state index is 12.6. The summed E-state index contributed by atoms with van der Waals surface area (Å²) in [6, 6.07) is 0. The average molecular weight is 290 g/mol. The topological polar surface area (TPSA) is 72.1 Å². The molecule has 0 spiro atoms. The molecule has 1 amide bonds. The number of anilines is 1. The second-order valence-electron chi connectivity index (χ2n) is 5.20. The highest BCUT2D eigenvalue weighted by atomic mass is 32.1. The molecule has 1 saturated carbocycles. The van der Waals surface area contributed by atoms with Crippen molar-refractivity contribution in [1.82, 2.24) is 14.9 Å². The Morgan fingerprint density at radius 3 is 2.80 bits per heavy atom. The van der Waals surface area contributed by atoms with E-state index in [0.717, 1.165) is 11.4 Å². The molecule has 106 valence electrons. The summed E-state index contributed by atoms with van der Waals surface area (Å²) in [4.78, 5) is 24.3. The third-order valence-corrected chi connectivity index (χ3v) is 5.02. The molecular formula is C14H18N4OS. The Kier molecular flexibility index (Phi) is 3.56. The van der Waals surface area contributed by atoms with E-state index in [4.69, 9.17) is 5.73 Å². The molecule has 6 heteroatoms. The molecule has 0 atom stereocenters. The maximum Gasteiger partial charge on any atom is 0.266 e. The van der Waals surface area contributed by atoms with Gasteiger partial charge < -0.3 is 10.6 Å². The number of hydrogen-bond acceptors (Lipinski definition) is 5. The number of fused-ring (bicyclic) bond motifs is 1. The molecular weight excluding hydrogens is 272 g/mol. The fourth-order valence-electron chi connectivity index (χ4n) is 2.49. The SMILES string of the molecule is CCN(CC1CCC1)C(=O)c1sc2nccnc2c1N. The highest BCUT2D eigenvalue weighted by Gasteiger charge is 2.26. The fourth-order valence-corrected chi connectivity index (χ4v) is 3.48. The largest absolute Gasteiger partial charge is 0.396 e. The minimum Gasteiger partial charge on any atom is -0.396 e. The number of amides is 1.